The molecule has 1 amide bonds. The number of benzene rings is 2. The van der Waals surface area contributed by atoms with Gasteiger partial charge in [0.25, 0.3) is 0 Å². The van der Waals surface area contributed by atoms with Gasteiger partial charge >= 0.3 is 6.01 Å². The van der Waals surface area contributed by atoms with Crippen LogP contribution in [0, 0.1) is 5.82 Å². The lowest BCUT2D eigenvalue weighted by Gasteiger charge is -2.47. The van der Waals surface area contributed by atoms with Crippen LogP contribution in [-0.2, 0) is 17.6 Å². The van der Waals surface area contributed by atoms with Gasteiger partial charge in [0.2, 0.25) is 5.91 Å². The first-order valence-electron chi connectivity index (χ1n) is 15.7. The number of carbonyl (C=O) groups is 1. The fourth-order valence-electron chi connectivity index (χ4n) is 8.55. The molecule has 0 spiro atoms. The Morgan fingerprint density at radius 2 is 1.88 bits per heavy atom. The molecule has 42 heavy (non-hydrogen) atoms. The molecule has 3 aromatic rings. The fraction of sp³-hybridized carbons (Fsp3) is 0.500. The molecule has 7 nitrogen and oxygen atoms in total. The van der Waals surface area contributed by atoms with Gasteiger partial charge in [-0.1, -0.05) is 24.8 Å². The number of halogens is 1. The average molecular weight is 568 g/mol. The zero-order chi connectivity index (χ0) is 28.4. The molecule has 0 radical (unpaired) electrons. The van der Waals surface area contributed by atoms with Crippen molar-refractivity contribution in [1.29, 1.82) is 0 Å². The Morgan fingerprint density at radius 1 is 1.05 bits per heavy atom. The predicted molar refractivity (Wildman–Crippen MR) is 161 cm³/mol. The first-order valence-corrected chi connectivity index (χ1v) is 15.7. The molecule has 8 rings (SSSR count). The Labute approximate surface area is 246 Å². The number of hydrogen-bond donors (Lipinski definition) is 0. The molecule has 4 aliphatic heterocycles. The molecule has 1 aliphatic carbocycles. The summed E-state index contributed by atoms with van der Waals surface area (Å²) in [6.07, 6.45) is 11.3. The topological polar surface area (TPSA) is 61.8 Å². The molecule has 8 heteroatoms. The number of nitrogens with zero attached hydrogens (tertiary/aromatic N) is 5. The lowest BCUT2D eigenvalue weighted by Crippen LogP contribution is -2.63. The highest BCUT2D eigenvalue weighted by molar-refractivity contribution is 5.94. The van der Waals surface area contributed by atoms with E-state index in [2.05, 4.69) is 22.4 Å². The van der Waals surface area contributed by atoms with Gasteiger partial charge in [-0.15, -0.1) is 0 Å². The van der Waals surface area contributed by atoms with Gasteiger partial charge in [0.15, 0.2) is 0 Å². The van der Waals surface area contributed by atoms with Gasteiger partial charge in [-0.25, -0.2) is 4.39 Å². The van der Waals surface area contributed by atoms with E-state index >= 15 is 4.39 Å². The van der Waals surface area contributed by atoms with E-state index in [0.717, 1.165) is 57.2 Å². The number of ether oxygens (including phenoxy) is 1. The second-order valence-electron chi connectivity index (χ2n) is 12.8. The van der Waals surface area contributed by atoms with Crippen molar-refractivity contribution in [2.24, 2.45) is 0 Å². The van der Waals surface area contributed by atoms with Crippen LogP contribution in [0.2, 0.25) is 0 Å². The second-order valence-corrected chi connectivity index (χ2v) is 12.8. The molecule has 4 saturated heterocycles. The van der Waals surface area contributed by atoms with Gasteiger partial charge in [-0.2, -0.15) is 9.97 Å². The SMILES string of the molecule is C=CC(=O)N1CC[C@H]2[C@H]1CN2c1nc(OCC23CCCN2CCC3)nc2cc(-c3cccc4c3CCCC4)c(F)cc12. The van der Waals surface area contributed by atoms with Crippen molar-refractivity contribution >= 4 is 22.6 Å². The lowest BCUT2D eigenvalue weighted by molar-refractivity contribution is -0.127. The number of aryl methyl sites for hydroxylation is 1. The standard InChI is InChI=1S/C34H38FN5O2/c1-2-31(41)39-17-12-29-30(39)20-40(29)32-26-18-27(35)25(24-11-5-9-22-8-3-4-10-23(22)24)19-28(26)36-33(37-32)42-21-34-13-6-15-38(34)16-7-14-34/h2,5,9,11,18-19,29-30H,1,3-4,6-8,10,12-17,20-21H2/t29-,30+/m0/s1. The van der Waals surface area contributed by atoms with Gasteiger partial charge in [0.05, 0.1) is 23.1 Å². The van der Waals surface area contributed by atoms with Crippen LogP contribution in [0.15, 0.2) is 43.0 Å². The summed E-state index contributed by atoms with van der Waals surface area (Å²) in [5, 5.41) is 0.696. The number of hydrogen-bond acceptors (Lipinski definition) is 6. The summed E-state index contributed by atoms with van der Waals surface area (Å²) in [7, 11) is 0. The highest BCUT2D eigenvalue weighted by Crippen LogP contribution is 2.43. The van der Waals surface area contributed by atoms with Crippen molar-refractivity contribution in [2.75, 3.05) is 37.7 Å². The Balaban J connectivity index is 1.19. The maximum Gasteiger partial charge on any atom is 0.319 e. The monoisotopic (exact) mass is 567 g/mol. The van der Waals surface area contributed by atoms with E-state index in [0.29, 0.717) is 48.0 Å². The van der Waals surface area contributed by atoms with Crippen molar-refractivity contribution in [2.45, 2.75) is 75.4 Å². The van der Waals surface area contributed by atoms with Crippen molar-refractivity contribution < 1.29 is 13.9 Å². The predicted octanol–water partition coefficient (Wildman–Crippen LogP) is 5.30. The summed E-state index contributed by atoms with van der Waals surface area (Å²) < 4.78 is 22.5. The van der Waals surface area contributed by atoms with Crippen LogP contribution < -0.4 is 9.64 Å². The molecule has 0 saturated carbocycles. The molecule has 2 aromatic carbocycles. The third-order valence-electron chi connectivity index (χ3n) is 10.7. The Hall–Kier alpha value is -3.52. The minimum Gasteiger partial charge on any atom is -0.461 e. The largest absolute Gasteiger partial charge is 0.461 e. The van der Waals surface area contributed by atoms with Crippen LogP contribution in [0.5, 0.6) is 6.01 Å². The van der Waals surface area contributed by atoms with E-state index in [9.17, 15) is 4.79 Å². The summed E-state index contributed by atoms with van der Waals surface area (Å²) >= 11 is 0. The number of fused-ring (bicyclic) bond motifs is 4. The molecule has 4 fully saturated rings. The average Bonchev–Trinajstić information content (AvgIpc) is 3.68. The zero-order valence-corrected chi connectivity index (χ0v) is 24.2. The van der Waals surface area contributed by atoms with E-state index < -0.39 is 0 Å². The maximum atomic E-state index is 16.0. The molecule has 1 aromatic heterocycles. The maximum absolute atomic E-state index is 16.0. The number of rotatable bonds is 6. The molecule has 0 N–H and O–H groups in total. The number of aromatic nitrogens is 2. The van der Waals surface area contributed by atoms with Gasteiger partial charge in [0.1, 0.15) is 18.2 Å². The summed E-state index contributed by atoms with van der Waals surface area (Å²) in [5.41, 5.74) is 4.94. The highest BCUT2D eigenvalue weighted by Gasteiger charge is 2.49. The minimum atomic E-state index is -0.251. The smallest absolute Gasteiger partial charge is 0.319 e. The van der Waals surface area contributed by atoms with Crippen molar-refractivity contribution in [3.05, 3.63) is 59.9 Å². The van der Waals surface area contributed by atoms with Crippen molar-refractivity contribution in [3.63, 3.8) is 0 Å². The van der Waals surface area contributed by atoms with Crippen LogP contribution in [0.25, 0.3) is 22.0 Å². The Kier molecular flexibility index (Phi) is 6.25. The zero-order valence-electron chi connectivity index (χ0n) is 24.2. The van der Waals surface area contributed by atoms with Crippen molar-refractivity contribution in [1.82, 2.24) is 19.8 Å². The minimum absolute atomic E-state index is 0.0301. The molecule has 0 bridgehead atoms. The van der Waals surface area contributed by atoms with Crippen LogP contribution >= 0.6 is 0 Å². The van der Waals surface area contributed by atoms with Gasteiger partial charge in [0, 0.05) is 24.0 Å². The Bertz CT molecular complexity index is 1580. The number of carbonyl (C=O) groups excluding carboxylic acids is 1. The first-order chi connectivity index (χ1) is 20.5. The second kappa shape index (κ2) is 10.0. The van der Waals surface area contributed by atoms with E-state index in [1.807, 2.05) is 23.1 Å². The summed E-state index contributed by atoms with van der Waals surface area (Å²) in [5.74, 6) is 0.424. The molecule has 2 atom stereocenters. The summed E-state index contributed by atoms with van der Waals surface area (Å²) in [4.78, 5) is 29.0. The summed E-state index contributed by atoms with van der Waals surface area (Å²) in [6.45, 7) is 7.87. The fourth-order valence-corrected chi connectivity index (χ4v) is 8.55. The van der Waals surface area contributed by atoms with Gasteiger partial charge < -0.3 is 14.5 Å². The molecular weight excluding hydrogens is 529 g/mol. The van der Waals surface area contributed by atoms with Crippen LogP contribution in [-0.4, -0.2) is 76.1 Å². The quantitative estimate of drug-likeness (QED) is 0.377. The normalized spacial score (nSPS) is 24.3. The number of anilines is 1. The van der Waals surface area contributed by atoms with Crippen molar-refractivity contribution in [3.8, 4) is 17.1 Å². The molecular formula is C34H38FN5O2. The number of amides is 1. The highest BCUT2D eigenvalue weighted by atomic mass is 19.1. The number of likely N-dealkylation sites (tertiary alicyclic amines) is 1. The van der Waals surface area contributed by atoms with Gasteiger partial charge in [-0.3, -0.25) is 9.69 Å². The molecule has 5 heterocycles. The molecule has 218 valence electrons. The van der Waals surface area contributed by atoms with Crippen LogP contribution in [0.3, 0.4) is 0 Å². The summed E-state index contributed by atoms with van der Waals surface area (Å²) in [6, 6.07) is 10.4. The molecule has 0 unspecified atom stereocenters. The Morgan fingerprint density at radius 3 is 2.71 bits per heavy atom. The lowest BCUT2D eigenvalue weighted by atomic mass is 9.85. The third-order valence-corrected chi connectivity index (χ3v) is 10.7. The van der Waals surface area contributed by atoms with Crippen LogP contribution in [0.4, 0.5) is 10.2 Å². The van der Waals surface area contributed by atoms with E-state index in [1.165, 1.54) is 36.5 Å². The third kappa shape index (κ3) is 4.05. The van der Waals surface area contributed by atoms with E-state index in [1.54, 1.807) is 6.07 Å². The van der Waals surface area contributed by atoms with Gasteiger partial charge in [-0.05, 0) is 106 Å². The van der Waals surface area contributed by atoms with E-state index in [-0.39, 0.29) is 29.3 Å². The molecule has 5 aliphatic rings. The van der Waals surface area contributed by atoms with Crippen LogP contribution in [0.1, 0.15) is 56.1 Å². The van der Waals surface area contributed by atoms with E-state index in [4.69, 9.17) is 14.7 Å². The first kappa shape index (κ1) is 26.1.